The highest BCUT2D eigenvalue weighted by Crippen LogP contribution is 2.85. The summed E-state index contributed by atoms with van der Waals surface area (Å²) in [5.41, 5.74) is 1.52. The highest BCUT2D eigenvalue weighted by Gasteiger charge is 2.79. The summed E-state index contributed by atoms with van der Waals surface area (Å²) in [4.78, 5) is 12.0. The Morgan fingerprint density at radius 2 is 2.00 bits per heavy atom. The Hall–Kier alpha value is -0.330. The molecule has 0 aromatic heterocycles. The van der Waals surface area contributed by atoms with Crippen molar-refractivity contribution < 1.29 is 4.79 Å². The van der Waals surface area contributed by atoms with Crippen molar-refractivity contribution in [2.45, 2.75) is 52.4 Å². The van der Waals surface area contributed by atoms with Gasteiger partial charge >= 0.3 is 0 Å². The Labute approximate surface area is 91.6 Å². The fourth-order valence-corrected chi connectivity index (χ4v) is 6.27. The maximum absolute atomic E-state index is 12.0. The molecule has 0 saturated heterocycles. The summed E-state index contributed by atoms with van der Waals surface area (Å²) in [5.74, 6) is 1.99. The first-order valence-electron chi connectivity index (χ1n) is 6.56. The second kappa shape index (κ2) is 2.06. The lowest BCUT2D eigenvalue weighted by Gasteiger charge is -2.69. The number of hydrogen-bond donors (Lipinski definition) is 0. The average molecular weight is 204 g/mol. The van der Waals surface area contributed by atoms with Crippen LogP contribution in [0.3, 0.4) is 0 Å². The largest absolute Gasteiger partial charge is 0.299 e. The Morgan fingerprint density at radius 3 is 2.80 bits per heavy atom. The van der Waals surface area contributed by atoms with E-state index in [1.807, 2.05) is 0 Å². The number of Topliss-reactive ketones (excluding diaryl/α,β-unsaturated/α-hetero) is 1. The Balaban J connectivity index is 1.92. The first-order chi connectivity index (χ1) is 7.04. The van der Waals surface area contributed by atoms with Crippen LogP contribution in [-0.2, 0) is 4.79 Å². The molecule has 4 saturated carbocycles. The fourth-order valence-electron chi connectivity index (χ4n) is 6.27. The van der Waals surface area contributed by atoms with Crippen molar-refractivity contribution in [2.24, 2.45) is 28.1 Å². The first kappa shape index (κ1) is 8.78. The van der Waals surface area contributed by atoms with Gasteiger partial charge in [-0.25, -0.2) is 0 Å². The van der Waals surface area contributed by atoms with E-state index >= 15 is 0 Å². The van der Waals surface area contributed by atoms with E-state index in [1.54, 1.807) is 0 Å². The maximum Gasteiger partial charge on any atom is 0.136 e. The molecule has 15 heavy (non-hydrogen) atoms. The summed E-state index contributed by atoms with van der Waals surface area (Å²) in [5, 5.41) is 0. The number of ketones is 1. The zero-order chi connectivity index (χ0) is 10.5. The van der Waals surface area contributed by atoms with Crippen LogP contribution < -0.4 is 0 Å². The number of rotatable bonds is 0. The minimum Gasteiger partial charge on any atom is -0.299 e. The van der Waals surface area contributed by atoms with Crippen LogP contribution in [0.5, 0.6) is 0 Å². The second-order valence-corrected chi connectivity index (χ2v) is 7.06. The molecule has 4 aliphatic carbocycles. The lowest BCUT2D eigenvalue weighted by atomic mass is 9.34. The highest BCUT2D eigenvalue weighted by molar-refractivity contribution is 5.85. The fraction of sp³-hybridized carbons (Fsp3) is 0.929. The molecule has 4 aliphatic rings. The van der Waals surface area contributed by atoms with Crippen LogP contribution in [0.2, 0.25) is 0 Å². The third-order valence-corrected chi connectivity index (χ3v) is 7.36. The van der Waals surface area contributed by atoms with Gasteiger partial charge in [0.25, 0.3) is 0 Å². The summed E-state index contributed by atoms with van der Waals surface area (Å²) in [6, 6.07) is 0. The summed E-state index contributed by atoms with van der Waals surface area (Å²) < 4.78 is 0. The number of carbonyl (C=O) groups is 1. The van der Waals surface area contributed by atoms with Crippen LogP contribution in [0, 0.1) is 28.1 Å². The van der Waals surface area contributed by atoms with Gasteiger partial charge in [0.1, 0.15) is 5.78 Å². The van der Waals surface area contributed by atoms with Crippen molar-refractivity contribution >= 4 is 5.78 Å². The zero-order valence-electron chi connectivity index (χ0n) is 9.81. The summed E-state index contributed by atoms with van der Waals surface area (Å²) >= 11 is 0. The predicted molar refractivity (Wildman–Crippen MR) is 58.3 cm³/mol. The molecule has 0 heterocycles. The third kappa shape index (κ3) is 0.601. The number of hydrogen-bond acceptors (Lipinski definition) is 1. The van der Waals surface area contributed by atoms with Gasteiger partial charge in [-0.3, -0.25) is 4.79 Å². The van der Waals surface area contributed by atoms with Crippen molar-refractivity contribution in [2.75, 3.05) is 0 Å². The topological polar surface area (TPSA) is 17.1 Å². The van der Waals surface area contributed by atoms with Crippen molar-refractivity contribution in [3.05, 3.63) is 0 Å². The van der Waals surface area contributed by atoms with Gasteiger partial charge in [0.2, 0.25) is 0 Å². The van der Waals surface area contributed by atoms with Gasteiger partial charge in [-0.2, -0.15) is 0 Å². The molecule has 1 heteroatoms. The van der Waals surface area contributed by atoms with Crippen molar-refractivity contribution in [3.8, 4) is 0 Å². The van der Waals surface area contributed by atoms with Crippen LogP contribution in [0.15, 0.2) is 0 Å². The van der Waals surface area contributed by atoms with E-state index in [0.29, 0.717) is 27.9 Å². The molecule has 1 spiro atoms. The van der Waals surface area contributed by atoms with Gasteiger partial charge in [-0.15, -0.1) is 0 Å². The third-order valence-electron chi connectivity index (χ3n) is 7.36. The van der Waals surface area contributed by atoms with Gasteiger partial charge in [0.15, 0.2) is 0 Å². The molecule has 4 rings (SSSR count). The average Bonchev–Trinajstić information content (AvgIpc) is 2.70. The number of carbonyl (C=O) groups excluding carboxylic acids is 1. The minimum absolute atomic E-state index is 0.401. The Bertz CT molecular complexity index is 374. The van der Waals surface area contributed by atoms with Crippen molar-refractivity contribution in [1.82, 2.24) is 0 Å². The van der Waals surface area contributed by atoms with Crippen LogP contribution in [0.4, 0.5) is 0 Å². The van der Waals surface area contributed by atoms with E-state index in [-0.39, 0.29) is 0 Å². The minimum atomic E-state index is 0.401. The van der Waals surface area contributed by atoms with E-state index in [0.717, 1.165) is 12.3 Å². The van der Waals surface area contributed by atoms with E-state index < -0.39 is 0 Å². The quantitative estimate of drug-likeness (QED) is 0.592. The van der Waals surface area contributed by atoms with Crippen LogP contribution in [0.25, 0.3) is 0 Å². The summed E-state index contributed by atoms with van der Waals surface area (Å²) in [6.45, 7) is 4.94. The lowest BCUT2D eigenvalue weighted by Crippen LogP contribution is -2.66. The molecule has 0 N–H and O–H groups in total. The first-order valence-corrected chi connectivity index (χ1v) is 6.56. The molecule has 2 unspecified atom stereocenters. The molecule has 4 fully saturated rings. The van der Waals surface area contributed by atoms with Crippen LogP contribution in [-0.4, -0.2) is 5.78 Å². The SMILES string of the molecule is CC12C[C@@H]3C(=O)CCC4(CC[C@H]1C4)[C@@]32C. The molecule has 2 bridgehead atoms. The molecule has 0 aliphatic heterocycles. The molecule has 82 valence electrons. The maximum atomic E-state index is 12.0. The molecule has 0 aromatic rings. The smallest absolute Gasteiger partial charge is 0.136 e. The second-order valence-electron chi connectivity index (χ2n) is 7.06. The van der Waals surface area contributed by atoms with Crippen LogP contribution in [0.1, 0.15) is 52.4 Å². The molecule has 0 amide bonds. The Kier molecular flexibility index (Phi) is 1.20. The van der Waals surface area contributed by atoms with E-state index in [4.69, 9.17) is 0 Å². The molecule has 0 aromatic carbocycles. The Morgan fingerprint density at radius 1 is 1.20 bits per heavy atom. The van der Waals surface area contributed by atoms with Gasteiger partial charge in [-0.1, -0.05) is 13.8 Å². The predicted octanol–water partition coefficient (Wildman–Crippen LogP) is 3.18. The molecule has 0 radical (unpaired) electrons. The van der Waals surface area contributed by atoms with Crippen molar-refractivity contribution in [3.63, 3.8) is 0 Å². The van der Waals surface area contributed by atoms with Gasteiger partial charge in [0, 0.05) is 12.3 Å². The zero-order valence-corrected chi connectivity index (χ0v) is 9.81. The van der Waals surface area contributed by atoms with Crippen LogP contribution >= 0.6 is 0 Å². The van der Waals surface area contributed by atoms with Gasteiger partial charge in [-0.05, 0) is 54.3 Å². The van der Waals surface area contributed by atoms with E-state index in [1.165, 1.54) is 32.1 Å². The number of fused-ring (bicyclic) bond motifs is 2. The molecular weight excluding hydrogens is 184 g/mol. The summed E-state index contributed by atoms with van der Waals surface area (Å²) in [6.07, 6.45) is 7.65. The molecular formula is C14H20O. The van der Waals surface area contributed by atoms with Gasteiger partial charge < -0.3 is 0 Å². The normalized spacial score (nSPS) is 65.3. The highest BCUT2D eigenvalue weighted by atomic mass is 16.1. The monoisotopic (exact) mass is 204 g/mol. The summed E-state index contributed by atoms with van der Waals surface area (Å²) in [7, 11) is 0. The standard InChI is InChI=1S/C14H20O/c1-12-8-10-11(15)4-6-14(13(10,12)2)5-3-9(12)7-14/h9-10H,3-8H2,1-2H3/t9-,10+,12?,13-,14?/m0/s1. The lowest BCUT2D eigenvalue weighted by molar-refractivity contribution is -0.212. The molecule has 5 atom stereocenters. The van der Waals surface area contributed by atoms with E-state index in [9.17, 15) is 4.79 Å². The van der Waals surface area contributed by atoms with E-state index in [2.05, 4.69) is 13.8 Å². The van der Waals surface area contributed by atoms with Gasteiger partial charge in [0.05, 0.1) is 0 Å². The van der Waals surface area contributed by atoms with Crippen molar-refractivity contribution in [1.29, 1.82) is 0 Å². The molecule has 1 nitrogen and oxygen atoms in total.